The van der Waals surface area contributed by atoms with Crippen molar-refractivity contribution in [1.82, 2.24) is 0 Å². The van der Waals surface area contributed by atoms with Crippen molar-refractivity contribution in [1.29, 1.82) is 0 Å². The van der Waals surface area contributed by atoms with Crippen molar-refractivity contribution < 1.29 is 28.6 Å². The fourth-order valence-electron chi connectivity index (χ4n) is 9.02. The van der Waals surface area contributed by atoms with Crippen molar-refractivity contribution in [2.24, 2.45) is 0 Å². The molecular weight excluding hydrogens is 1020 g/mol. The van der Waals surface area contributed by atoms with E-state index in [1.165, 1.54) is 116 Å². The van der Waals surface area contributed by atoms with Crippen LogP contribution in [0.5, 0.6) is 0 Å². The minimum absolute atomic E-state index is 0.104. The molecule has 0 aromatic carbocycles. The van der Waals surface area contributed by atoms with Crippen LogP contribution in [0.3, 0.4) is 0 Å². The lowest BCUT2D eigenvalue weighted by atomic mass is 10.0. The Hall–Kier alpha value is -4.97. The van der Waals surface area contributed by atoms with E-state index in [1.807, 2.05) is 0 Å². The second kappa shape index (κ2) is 69.5. The van der Waals surface area contributed by atoms with Gasteiger partial charge in [-0.2, -0.15) is 0 Å². The molecule has 0 saturated carbocycles. The van der Waals surface area contributed by atoms with E-state index in [0.29, 0.717) is 19.3 Å². The molecule has 0 amide bonds. The third-order valence-corrected chi connectivity index (χ3v) is 14.0. The first-order chi connectivity index (χ1) is 41.0. The quantitative estimate of drug-likeness (QED) is 0.0261. The largest absolute Gasteiger partial charge is 0.462 e. The number of unbranched alkanes of at least 4 members (excludes halogenated alkanes) is 23. The molecule has 0 radical (unpaired) electrons. The smallest absolute Gasteiger partial charge is 0.306 e. The van der Waals surface area contributed by atoms with Gasteiger partial charge in [0.1, 0.15) is 13.2 Å². The summed E-state index contributed by atoms with van der Waals surface area (Å²) < 4.78 is 16.8. The Labute approximate surface area is 511 Å². The van der Waals surface area contributed by atoms with Gasteiger partial charge >= 0.3 is 17.9 Å². The highest BCUT2D eigenvalue weighted by molar-refractivity contribution is 5.71. The van der Waals surface area contributed by atoms with Gasteiger partial charge in [0.2, 0.25) is 0 Å². The van der Waals surface area contributed by atoms with Gasteiger partial charge in [-0.1, -0.05) is 307 Å². The summed E-state index contributed by atoms with van der Waals surface area (Å²) in [6, 6.07) is 0. The van der Waals surface area contributed by atoms with Gasteiger partial charge in [-0.25, -0.2) is 0 Å². The SMILES string of the molecule is CC/C=C\C/C=C\C/C=C\C/C=C\C/C=C\C/C=C\C/C=C\CCCC(=O)OC(COC(=O)CCCCCCCCC)COC(=O)CCCCCCCCCCCCCCCCCC/C=C\C/C=C\C/C=C\C/C=C\C/C=C\C/C=C\CC. The highest BCUT2D eigenvalue weighted by Crippen LogP contribution is 2.16. The first kappa shape index (κ1) is 78.0. The lowest BCUT2D eigenvalue weighted by Crippen LogP contribution is -2.30. The fourth-order valence-corrected chi connectivity index (χ4v) is 9.02. The second-order valence-corrected chi connectivity index (χ2v) is 22.0. The minimum atomic E-state index is -0.811. The second-order valence-electron chi connectivity index (χ2n) is 22.0. The molecule has 0 bridgehead atoms. The Morgan fingerprint density at radius 2 is 0.482 bits per heavy atom. The van der Waals surface area contributed by atoms with Gasteiger partial charge in [-0.3, -0.25) is 14.4 Å². The van der Waals surface area contributed by atoms with E-state index in [-0.39, 0.29) is 37.5 Å². The molecule has 0 heterocycles. The predicted molar refractivity (Wildman–Crippen MR) is 362 cm³/mol. The van der Waals surface area contributed by atoms with Crippen LogP contribution in [0.25, 0.3) is 0 Å². The summed E-state index contributed by atoms with van der Waals surface area (Å²) in [6.45, 7) is 6.32. The average molecular weight is 1150 g/mol. The van der Waals surface area contributed by atoms with Gasteiger partial charge in [-0.05, 0) is 122 Å². The van der Waals surface area contributed by atoms with Crippen LogP contribution in [0.15, 0.2) is 158 Å². The van der Waals surface area contributed by atoms with E-state index in [9.17, 15) is 14.4 Å². The lowest BCUT2D eigenvalue weighted by molar-refractivity contribution is -0.167. The topological polar surface area (TPSA) is 78.9 Å². The van der Waals surface area contributed by atoms with E-state index in [1.54, 1.807) is 0 Å². The molecule has 6 nitrogen and oxygen atoms in total. The summed E-state index contributed by atoms with van der Waals surface area (Å²) in [4.78, 5) is 38.1. The maximum absolute atomic E-state index is 12.8. The minimum Gasteiger partial charge on any atom is -0.462 e. The number of carbonyl (C=O) groups excluding carboxylic acids is 3. The van der Waals surface area contributed by atoms with Crippen LogP contribution in [0.4, 0.5) is 0 Å². The van der Waals surface area contributed by atoms with E-state index in [2.05, 4.69) is 179 Å². The Balaban J connectivity index is 4.14. The van der Waals surface area contributed by atoms with Crippen molar-refractivity contribution in [2.75, 3.05) is 13.2 Å². The molecule has 0 N–H and O–H groups in total. The molecule has 0 saturated heterocycles. The van der Waals surface area contributed by atoms with Crippen LogP contribution in [-0.4, -0.2) is 37.2 Å². The number of ether oxygens (including phenoxy) is 3. The van der Waals surface area contributed by atoms with E-state index in [0.717, 1.165) is 128 Å². The third-order valence-electron chi connectivity index (χ3n) is 14.0. The van der Waals surface area contributed by atoms with E-state index in [4.69, 9.17) is 14.2 Å². The number of allylic oxidation sites excluding steroid dienone is 26. The normalized spacial score (nSPS) is 13.1. The van der Waals surface area contributed by atoms with Gasteiger partial charge in [0.15, 0.2) is 6.10 Å². The zero-order valence-electron chi connectivity index (χ0n) is 53.7. The number of hydrogen-bond donors (Lipinski definition) is 0. The van der Waals surface area contributed by atoms with Crippen molar-refractivity contribution in [3.63, 3.8) is 0 Å². The highest BCUT2D eigenvalue weighted by atomic mass is 16.6. The summed E-state index contributed by atoms with van der Waals surface area (Å²) in [7, 11) is 0. The third kappa shape index (κ3) is 67.7. The molecule has 0 aliphatic carbocycles. The Morgan fingerprint density at radius 1 is 0.253 bits per heavy atom. The molecule has 1 atom stereocenters. The molecule has 0 aromatic heterocycles. The van der Waals surface area contributed by atoms with Crippen molar-refractivity contribution in [3.8, 4) is 0 Å². The Morgan fingerprint density at radius 3 is 0.771 bits per heavy atom. The lowest BCUT2D eigenvalue weighted by Gasteiger charge is -2.18. The molecule has 83 heavy (non-hydrogen) atoms. The van der Waals surface area contributed by atoms with Crippen molar-refractivity contribution in [3.05, 3.63) is 158 Å². The molecule has 0 rings (SSSR count). The first-order valence-electron chi connectivity index (χ1n) is 34.0. The molecule has 0 spiro atoms. The molecule has 0 aliphatic heterocycles. The first-order valence-corrected chi connectivity index (χ1v) is 34.0. The van der Waals surface area contributed by atoms with Gasteiger partial charge < -0.3 is 14.2 Å². The zero-order chi connectivity index (χ0) is 59.9. The summed E-state index contributed by atoms with van der Waals surface area (Å²) >= 11 is 0. The maximum atomic E-state index is 12.8. The molecule has 468 valence electrons. The standard InChI is InChI=1S/C77H124O6/c1-4-7-10-13-16-18-20-22-24-26-28-30-32-33-34-35-36-37-38-39-40-41-42-43-45-46-48-50-52-54-56-58-61-64-67-70-76(79)82-73-74(72-81-75(78)69-66-63-60-15-12-9-6-3)83-77(80)71-68-65-62-59-57-55-53-51-49-47-44-31-29-27-25-23-21-19-17-14-11-8-5-2/h7-8,10-11,16-19,22-25,28-31,33-34,36-37,47,49,53,55,59,62,74H,4-6,9,12-15,20-21,26-27,32,35,38-46,48,50-52,54,56-58,60-61,63-73H2,1-3H3/b10-7-,11-8-,18-16-,19-17-,24-22-,25-23-,30-28-,31-29-,34-33-,37-36-,49-47-,55-53-,62-59-. The van der Waals surface area contributed by atoms with Crippen LogP contribution in [-0.2, 0) is 28.6 Å². The van der Waals surface area contributed by atoms with Crippen molar-refractivity contribution in [2.45, 2.75) is 297 Å². The number of carbonyl (C=O) groups is 3. The van der Waals surface area contributed by atoms with Crippen LogP contribution in [0.1, 0.15) is 290 Å². The van der Waals surface area contributed by atoms with Crippen LogP contribution >= 0.6 is 0 Å². The summed E-state index contributed by atoms with van der Waals surface area (Å²) in [5.74, 6) is -0.970. The fraction of sp³-hybridized carbons (Fsp3) is 0.623. The van der Waals surface area contributed by atoms with Crippen LogP contribution < -0.4 is 0 Å². The highest BCUT2D eigenvalue weighted by Gasteiger charge is 2.19. The van der Waals surface area contributed by atoms with E-state index < -0.39 is 6.10 Å². The number of hydrogen-bond acceptors (Lipinski definition) is 6. The monoisotopic (exact) mass is 1140 g/mol. The van der Waals surface area contributed by atoms with Gasteiger partial charge in [0.25, 0.3) is 0 Å². The average Bonchev–Trinajstić information content (AvgIpc) is 3.50. The maximum Gasteiger partial charge on any atom is 0.306 e. The van der Waals surface area contributed by atoms with Crippen LogP contribution in [0, 0.1) is 0 Å². The molecule has 6 heteroatoms. The van der Waals surface area contributed by atoms with Crippen LogP contribution in [0.2, 0.25) is 0 Å². The van der Waals surface area contributed by atoms with Crippen molar-refractivity contribution >= 4 is 17.9 Å². The zero-order valence-corrected chi connectivity index (χ0v) is 53.7. The summed E-state index contributed by atoms with van der Waals surface area (Å²) in [5.41, 5.74) is 0. The predicted octanol–water partition coefficient (Wildman–Crippen LogP) is 23.7. The summed E-state index contributed by atoms with van der Waals surface area (Å²) in [5, 5.41) is 0. The molecule has 1 unspecified atom stereocenters. The van der Waals surface area contributed by atoms with Gasteiger partial charge in [0.05, 0.1) is 0 Å². The summed E-state index contributed by atoms with van der Waals surface area (Å²) in [6.07, 6.45) is 102. The Kier molecular flexibility index (Phi) is 65.4. The van der Waals surface area contributed by atoms with E-state index >= 15 is 0 Å². The van der Waals surface area contributed by atoms with Gasteiger partial charge in [0, 0.05) is 19.3 Å². The van der Waals surface area contributed by atoms with Gasteiger partial charge in [-0.15, -0.1) is 0 Å². The molecule has 0 aromatic rings. The number of rotatable bonds is 60. The Bertz CT molecular complexity index is 1840. The molecular formula is C77H124O6. The molecule has 0 fully saturated rings. The number of esters is 3. The molecule has 0 aliphatic rings.